The molecular formula is C17H15NO4S2. The Balaban J connectivity index is 1.49. The number of thiophene rings is 1. The topological polar surface area (TPSA) is 68.5 Å². The Morgan fingerprint density at radius 1 is 1.17 bits per heavy atom. The number of fused-ring (bicyclic) bond motifs is 1. The van der Waals surface area contributed by atoms with E-state index in [1.807, 2.05) is 22.9 Å². The van der Waals surface area contributed by atoms with Crippen molar-refractivity contribution in [1.29, 1.82) is 0 Å². The second-order valence-corrected chi connectivity index (χ2v) is 8.02. The molecule has 5 nitrogen and oxygen atoms in total. The van der Waals surface area contributed by atoms with Crippen LogP contribution < -0.4 is 9.46 Å². The number of ether oxygens (including phenoxy) is 1. The average molecular weight is 361 g/mol. The monoisotopic (exact) mass is 361 g/mol. The zero-order valence-electron chi connectivity index (χ0n) is 12.7. The van der Waals surface area contributed by atoms with Gasteiger partial charge in [-0.2, -0.15) is 11.3 Å². The molecule has 7 heteroatoms. The molecule has 0 radical (unpaired) electrons. The molecule has 3 heterocycles. The Kier molecular flexibility index (Phi) is 3.91. The van der Waals surface area contributed by atoms with Crippen molar-refractivity contribution < 1.29 is 17.6 Å². The van der Waals surface area contributed by atoms with Gasteiger partial charge >= 0.3 is 0 Å². The minimum absolute atomic E-state index is 0.111. The zero-order chi connectivity index (χ0) is 16.6. The fourth-order valence-electron chi connectivity index (χ4n) is 2.61. The van der Waals surface area contributed by atoms with Crippen molar-refractivity contribution in [2.24, 2.45) is 0 Å². The summed E-state index contributed by atoms with van der Waals surface area (Å²) < 4.78 is 38.6. The summed E-state index contributed by atoms with van der Waals surface area (Å²) in [6.07, 6.45) is 0.737. The van der Waals surface area contributed by atoms with Gasteiger partial charge in [-0.15, -0.1) is 0 Å². The second-order valence-electron chi connectivity index (χ2n) is 5.47. The zero-order valence-corrected chi connectivity index (χ0v) is 14.3. The van der Waals surface area contributed by atoms with E-state index < -0.39 is 10.0 Å². The molecule has 0 aliphatic carbocycles. The van der Waals surface area contributed by atoms with E-state index in [0.717, 1.165) is 29.1 Å². The molecule has 3 aromatic rings. The smallest absolute Gasteiger partial charge is 0.240 e. The minimum Gasteiger partial charge on any atom is -0.493 e. The SMILES string of the molecule is O=S(=O)(NCc1ccc(-c2ccsc2)o1)c1ccc2c(c1)CCO2. The van der Waals surface area contributed by atoms with Crippen molar-refractivity contribution in [2.75, 3.05) is 6.61 Å². The van der Waals surface area contributed by atoms with E-state index >= 15 is 0 Å². The molecule has 1 N–H and O–H groups in total. The van der Waals surface area contributed by atoms with Gasteiger partial charge in [0, 0.05) is 17.4 Å². The fraction of sp³-hybridized carbons (Fsp3) is 0.176. The van der Waals surface area contributed by atoms with Crippen molar-refractivity contribution in [1.82, 2.24) is 4.72 Å². The van der Waals surface area contributed by atoms with Crippen LogP contribution in [0, 0.1) is 0 Å². The van der Waals surface area contributed by atoms with E-state index in [9.17, 15) is 8.42 Å². The Hall–Kier alpha value is -2.09. The maximum Gasteiger partial charge on any atom is 0.240 e. The molecular weight excluding hydrogens is 346 g/mol. The van der Waals surface area contributed by atoms with E-state index in [-0.39, 0.29) is 11.4 Å². The molecule has 4 rings (SSSR count). The van der Waals surface area contributed by atoms with Crippen molar-refractivity contribution in [3.05, 3.63) is 58.5 Å². The second kappa shape index (κ2) is 6.08. The van der Waals surface area contributed by atoms with Gasteiger partial charge in [0.15, 0.2) is 0 Å². The first-order valence-corrected chi connectivity index (χ1v) is 9.91. The molecule has 0 saturated heterocycles. The quantitative estimate of drug-likeness (QED) is 0.756. The molecule has 0 amide bonds. The van der Waals surface area contributed by atoms with E-state index in [2.05, 4.69) is 4.72 Å². The van der Waals surface area contributed by atoms with E-state index in [4.69, 9.17) is 9.15 Å². The summed E-state index contributed by atoms with van der Waals surface area (Å²) in [7, 11) is -3.59. The van der Waals surface area contributed by atoms with Crippen LogP contribution in [0.4, 0.5) is 0 Å². The number of sulfonamides is 1. The number of nitrogens with one attached hydrogen (secondary N) is 1. The van der Waals surface area contributed by atoms with Gasteiger partial charge in [0.05, 0.1) is 18.0 Å². The van der Waals surface area contributed by atoms with Gasteiger partial charge in [0.1, 0.15) is 17.3 Å². The molecule has 1 aliphatic heterocycles. The van der Waals surface area contributed by atoms with E-state index in [0.29, 0.717) is 12.4 Å². The molecule has 0 bridgehead atoms. The lowest BCUT2D eigenvalue weighted by atomic mass is 10.2. The third-order valence-electron chi connectivity index (χ3n) is 3.87. The number of hydrogen-bond donors (Lipinski definition) is 1. The Morgan fingerprint density at radius 2 is 2.08 bits per heavy atom. The third-order valence-corrected chi connectivity index (χ3v) is 5.96. The van der Waals surface area contributed by atoms with Gasteiger partial charge < -0.3 is 9.15 Å². The molecule has 24 heavy (non-hydrogen) atoms. The van der Waals surface area contributed by atoms with Crippen LogP contribution in [0.3, 0.4) is 0 Å². The fourth-order valence-corrected chi connectivity index (χ4v) is 4.30. The summed E-state index contributed by atoms with van der Waals surface area (Å²) in [4.78, 5) is 0.247. The van der Waals surface area contributed by atoms with Gasteiger partial charge in [-0.05, 0) is 47.3 Å². The molecule has 2 aromatic heterocycles. The predicted molar refractivity (Wildman–Crippen MR) is 91.7 cm³/mol. The Morgan fingerprint density at radius 3 is 2.92 bits per heavy atom. The summed E-state index contributed by atoms with van der Waals surface area (Å²) in [5, 5.41) is 3.96. The maximum atomic E-state index is 12.4. The van der Waals surface area contributed by atoms with Crippen molar-refractivity contribution in [3.63, 3.8) is 0 Å². The summed E-state index contributed by atoms with van der Waals surface area (Å²) in [5.74, 6) is 2.07. The lowest BCUT2D eigenvalue weighted by molar-refractivity contribution is 0.356. The highest BCUT2D eigenvalue weighted by Crippen LogP contribution is 2.28. The highest BCUT2D eigenvalue weighted by atomic mass is 32.2. The number of rotatable bonds is 5. The number of furan rings is 1. The van der Waals surface area contributed by atoms with Gasteiger partial charge in [-0.3, -0.25) is 0 Å². The van der Waals surface area contributed by atoms with Crippen LogP contribution in [-0.4, -0.2) is 15.0 Å². The summed E-state index contributed by atoms with van der Waals surface area (Å²) in [6.45, 7) is 0.712. The van der Waals surface area contributed by atoms with Gasteiger partial charge in [0.25, 0.3) is 0 Å². The molecule has 1 aliphatic rings. The molecule has 0 saturated carbocycles. The van der Waals surface area contributed by atoms with Crippen LogP contribution in [0.25, 0.3) is 11.3 Å². The minimum atomic E-state index is -3.59. The summed E-state index contributed by atoms with van der Waals surface area (Å²) in [5.41, 5.74) is 1.92. The summed E-state index contributed by atoms with van der Waals surface area (Å²) in [6, 6.07) is 10.5. The van der Waals surface area contributed by atoms with Crippen molar-refractivity contribution in [3.8, 4) is 17.1 Å². The van der Waals surface area contributed by atoms with E-state index in [1.165, 1.54) is 0 Å². The largest absolute Gasteiger partial charge is 0.493 e. The number of benzene rings is 1. The van der Waals surface area contributed by atoms with Crippen LogP contribution in [-0.2, 0) is 23.0 Å². The van der Waals surface area contributed by atoms with Crippen LogP contribution >= 0.6 is 11.3 Å². The van der Waals surface area contributed by atoms with Crippen LogP contribution in [0.2, 0.25) is 0 Å². The Labute approximate surface area is 143 Å². The standard InChI is InChI=1S/C17H15NO4S2/c19-24(20,15-2-4-16-12(9-15)5-7-21-16)18-10-14-1-3-17(22-14)13-6-8-23-11-13/h1-4,6,8-9,11,18H,5,7,10H2. The first-order valence-electron chi connectivity index (χ1n) is 7.48. The van der Waals surface area contributed by atoms with Gasteiger partial charge in [-0.1, -0.05) is 0 Å². The molecule has 124 valence electrons. The molecule has 0 atom stereocenters. The first-order chi connectivity index (χ1) is 11.6. The lowest BCUT2D eigenvalue weighted by Gasteiger charge is -2.07. The molecule has 0 spiro atoms. The predicted octanol–water partition coefficient (Wildman–Crippen LogP) is 3.42. The highest BCUT2D eigenvalue weighted by Gasteiger charge is 2.19. The van der Waals surface area contributed by atoms with Crippen LogP contribution in [0.5, 0.6) is 5.75 Å². The summed E-state index contributed by atoms with van der Waals surface area (Å²) >= 11 is 1.59. The van der Waals surface area contributed by atoms with Gasteiger partial charge in [0.2, 0.25) is 10.0 Å². The molecule has 0 fully saturated rings. The first kappa shape index (κ1) is 15.4. The Bertz CT molecular complexity index is 958. The van der Waals surface area contributed by atoms with Crippen LogP contribution in [0.1, 0.15) is 11.3 Å². The molecule has 1 aromatic carbocycles. The van der Waals surface area contributed by atoms with Crippen molar-refractivity contribution in [2.45, 2.75) is 17.9 Å². The normalized spacial score (nSPS) is 13.7. The van der Waals surface area contributed by atoms with Gasteiger partial charge in [-0.25, -0.2) is 13.1 Å². The maximum absolute atomic E-state index is 12.4. The van der Waals surface area contributed by atoms with Crippen molar-refractivity contribution >= 4 is 21.4 Å². The average Bonchev–Trinajstić information content (AvgIpc) is 3.32. The van der Waals surface area contributed by atoms with E-state index in [1.54, 1.807) is 35.6 Å². The lowest BCUT2D eigenvalue weighted by Crippen LogP contribution is -2.23. The van der Waals surface area contributed by atoms with Crippen LogP contribution in [0.15, 0.2) is 56.5 Å². The third kappa shape index (κ3) is 2.98. The highest BCUT2D eigenvalue weighted by molar-refractivity contribution is 7.89. The number of hydrogen-bond acceptors (Lipinski definition) is 5. The molecule has 0 unspecified atom stereocenters.